The van der Waals surface area contributed by atoms with Crippen LogP contribution in [-0.4, -0.2) is 26.6 Å². The van der Waals surface area contributed by atoms with Crippen molar-refractivity contribution in [2.24, 2.45) is 0 Å². The third-order valence-corrected chi connectivity index (χ3v) is 6.33. The fourth-order valence-corrected chi connectivity index (χ4v) is 5.09. The topological polar surface area (TPSA) is 66.5 Å². The molecule has 0 aliphatic carbocycles. The summed E-state index contributed by atoms with van der Waals surface area (Å²) in [6.07, 6.45) is 1.34. The standard InChI is InChI=1S/C22H22Cl2N2O3S/c1-3-21(26(30(2,28)29)20-12-18(23)11-19(24)13-20)22(27)25-14-15-8-9-16-6-4-5-7-17(16)10-15/h4-13,21H,3,14H2,1-2H3,(H,25,27)/t21-/m1/s1. The molecule has 0 saturated carbocycles. The van der Waals surface area contributed by atoms with Crippen LogP contribution in [0.4, 0.5) is 5.69 Å². The van der Waals surface area contributed by atoms with E-state index in [2.05, 4.69) is 5.32 Å². The summed E-state index contributed by atoms with van der Waals surface area (Å²) in [5.41, 5.74) is 1.18. The molecule has 0 aliphatic rings. The molecule has 5 nitrogen and oxygen atoms in total. The number of benzene rings is 3. The number of hydrogen-bond acceptors (Lipinski definition) is 3. The largest absolute Gasteiger partial charge is 0.350 e. The van der Waals surface area contributed by atoms with Crippen LogP contribution in [0.2, 0.25) is 10.0 Å². The van der Waals surface area contributed by atoms with Crippen LogP contribution >= 0.6 is 23.2 Å². The van der Waals surface area contributed by atoms with E-state index in [0.717, 1.165) is 26.9 Å². The Bertz CT molecular complexity index is 1160. The molecule has 0 radical (unpaired) electrons. The molecule has 3 aromatic rings. The maximum Gasteiger partial charge on any atom is 0.244 e. The van der Waals surface area contributed by atoms with Crippen molar-refractivity contribution in [1.82, 2.24) is 5.32 Å². The molecule has 0 aliphatic heterocycles. The molecule has 30 heavy (non-hydrogen) atoms. The molecule has 1 atom stereocenters. The highest BCUT2D eigenvalue weighted by Crippen LogP contribution is 2.29. The van der Waals surface area contributed by atoms with E-state index in [4.69, 9.17) is 23.2 Å². The van der Waals surface area contributed by atoms with Gasteiger partial charge in [-0.15, -0.1) is 0 Å². The number of amides is 1. The van der Waals surface area contributed by atoms with Crippen LogP contribution in [0.15, 0.2) is 60.7 Å². The summed E-state index contributed by atoms with van der Waals surface area (Å²) in [5.74, 6) is -0.396. The van der Waals surface area contributed by atoms with Crippen LogP contribution in [0.5, 0.6) is 0 Å². The van der Waals surface area contributed by atoms with Crippen molar-refractivity contribution >= 4 is 55.6 Å². The van der Waals surface area contributed by atoms with E-state index in [1.807, 2.05) is 42.5 Å². The van der Waals surface area contributed by atoms with Crippen LogP contribution in [0.3, 0.4) is 0 Å². The van der Waals surface area contributed by atoms with Crippen LogP contribution in [0.25, 0.3) is 10.8 Å². The van der Waals surface area contributed by atoms with Gasteiger partial charge in [0, 0.05) is 16.6 Å². The maximum atomic E-state index is 13.0. The molecule has 0 fully saturated rings. The van der Waals surface area contributed by atoms with E-state index in [9.17, 15) is 13.2 Å². The summed E-state index contributed by atoms with van der Waals surface area (Å²) < 4.78 is 26.1. The number of rotatable bonds is 7. The predicted octanol–water partition coefficient (Wildman–Crippen LogP) is 5.01. The molecule has 0 saturated heterocycles. The Morgan fingerprint density at radius 2 is 1.63 bits per heavy atom. The van der Waals surface area contributed by atoms with Crippen LogP contribution in [0.1, 0.15) is 18.9 Å². The number of nitrogens with zero attached hydrogens (tertiary/aromatic N) is 1. The molecule has 3 aromatic carbocycles. The minimum atomic E-state index is -3.76. The lowest BCUT2D eigenvalue weighted by Crippen LogP contribution is -2.49. The van der Waals surface area contributed by atoms with Crippen molar-refractivity contribution in [2.45, 2.75) is 25.9 Å². The second-order valence-corrected chi connectivity index (χ2v) is 9.74. The molecule has 0 spiro atoms. The van der Waals surface area contributed by atoms with Gasteiger partial charge in [0.2, 0.25) is 15.9 Å². The number of anilines is 1. The lowest BCUT2D eigenvalue weighted by atomic mass is 10.1. The van der Waals surface area contributed by atoms with Gasteiger partial charge in [-0.3, -0.25) is 9.10 Å². The number of fused-ring (bicyclic) bond motifs is 1. The van der Waals surface area contributed by atoms with Crippen LogP contribution < -0.4 is 9.62 Å². The Kier molecular flexibility index (Phi) is 6.91. The first-order valence-electron chi connectivity index (χ1n) is 9.40. The smallest absolute Gasteiger partial charge is 0.244 e. The first kappa shape index (κ1) is 22.4. The average Bonchev–Trinajstić information content (AvgIpc) is 2.68. The summed E-state index contributed by atoms with van der Waals surface area (Å²) in [4.78, 5) is 13.0. The van der Waals surface area contributed by atoms with Gasteiger partial charge < -0.3 is 5.32 Å². The van der Waals surface area contributed by atoms with Crippen LogP contribution in [0, 0.1) is 0 Å². The fraction of sp³-hybridized carbons (Fsp3) is 0.227. The van der Waals surface area contributed by atoms with E-state index in [1.54, 1.807) is 6.92 Å². The Morgan fingerprint density at radius 1 is 1.00 bits per heavy atom. The van der Waals surface area contributed by atoms with Crippen molar-refractivity contribution in [1.29, 1.82) is 0 Å². The van der Waals surface area contributed by atoms with Gasteiger partial charge in [0.1, 0.15) is 6.04 Å². The van der Waals surface area contributed by atoms with Crippen molar-refractivity contribution in [3.63, 3.8) is 0 Å². The molecule has 1 amide bonds. The third kappa shape index (κ3) is 5.25. The molecule has 8 heteroatoms. The molecular weight excluding hydrogens is 443 g/mol. The third-order valence-electron chi connectivity index (χ3n) is 4.71. The van der Waals surface area contributed by atoms with E-state index in [1.165, 1.54) is 18.2 Å². The Labute approximate surface area is 186 Å². The van der Waals surface area contributed by atoms with Crippen molar-refractivity contribution in [3.8, 4) is 0 Å². The van der Waals surface area contributed by atoms with E-state index in [-0.39, 0.29) is 28.7 Å². The first-order valence-corrected chi connectivity index (χ1v) is 12.0. The predicted molar refractivity (Wildman–Crippen MR) is 124 cm³/mol. The molecule has 0 aromatic heterocycles. The zero-order valence-electron chi connectivity index (χ0n) is 16.6. The fourth-order valence-electron chi connectivity index (χ4n) is 3.38. The van der Waals surface area contributed by atoms with Gasteiger partial charge in [0.25, 0.3) is 0 Å². The Morgan fingerprint density at radius 3 is 2.23 bits per heavy atom. The summed E-state index contributed by atoms with van der Waals surface area (Å²) in [7, 11) is -3.76. The summed E-state index contributed by atoms with van der Waals surface area (Å²) in [6.45, 7) is 2.04. The normalized spacial score (nSPS) is 12.5. The van der Waals surface area contributed by atoms with Gasteiger partial charge in [-0.1, -0.05) is 66.5 Å². The summed E-state index contributed by atoms with van der Waals surface area (Å²) in [5, 5.41) is 5.62. The number of halogens is 2. The Balaban J connectivity index is 1.84. The first-order chi connectivity index (χ1) is 14.2. The Hall–Kier alpha value is -2.28. The molecule has 3 rings (SSSR count). The van der Waals surface area contributed by atoms with Gasteiger partial charge in [-0.2, -0.15) is 0 Å². The van der Waals surface area contributed by atoms with E-state index >= 15 is 0 Å². The summed E-state index contributed by atoms with van der Waals surface area (Å²) in [6, 6.07) is 17.4. The minimum Gasteiger partial charge on any atom is -0.350 e. The lowest BCUT2D eigenvalue weighted by molar-refractivity contribution is -0.122. The zero-order valence-corrected chi connectivity index (χ0v) is 18.9. The van der Waals surface area contributed by atoms with Crippen molar-refractivity contribution < 1.29 is 13.2 Å². The summed E-state index contributed by atoms with van der Waals surface area (Å²) >= 11 is 12.1. The number of carbonyl (C=O) groups excluding carboxylic acids is 1. The number of carbonyl (C=O) groups is 1. The van der Waals surface area contributed by atoms with Gasteiger partial charge >= 0.3 is 0 Å². The maximum absolute atomic E-state index is 13.0. The number of hydrogen-bond donors (Lipinski definition) is 1. The van der Waals surface area contributed by atoms with Gasteiger partial charge in [0.05, 0.1) is 11.9 Å². The highest BCUT2D eigenvalue weighted by Gasteiger charge is 2.31. The van der Waals surface area contributed by atoms with Gasteiger partial charge in [0.15, 0.2) is 0 Å². The van der Waals surface area contributed by atoms with Gasteiger partial charge in [-0.05, 0) is 47.0 Å². The quantitative estimate of drug-likeness (QED) is 0.534. The zero-order chi connectivity index (χ0) is 21.9. The molecule has 1 N–H and O–H groups in total. The number of sulfonamides is 1. The average molecular weight is 465 g/mol. The monoisotopic (exact) mass is 464 g/mol. The lowest BCUT2D eigenvalue weighted by Gasteiger charge is -2.30. The van der Waals surface area contributed by atoms with Gasteiger partial charge in [-0.25, -0.2) is 8.42 Å². The highest BCUT2D eigenvalue weighted by molar-refractivity contribution is 7.92. The second-order valence-electron chi connectivity index (χ2n) is 7.01. The molecule has 0 bridgehead atoms. The van der Waals surface area contributed by atoms with E-state index < -0.39 is 22.0 Å². The molecule has 158 valence electrons. The van der Waals surface area contributed by atoms with Crippen molar-refractivity contribution in [2.75, 3.05) is 10.6 Å². The molecular formula is C22H22Cl2N2O3S. The van der Waals surface area contributed by atoms with E-state index in [0.29, 0.717) is 0 Å². The highest BCUT2D eigenvalue weighted by atomic mass is 35.5. The van der Waals surface area contributed by atoms with Crippen molar-refractivity contribution in [3.05, 3.63) is 76.3 Å². The second kappa shape index (κ2) is 9.25. The number of nitrogens with one attached hydrogen (secondary N) is 1. The van der Waals surface area contributed by atoms with Crippen LogP contribution in [-0.2, 0) is 21.4 Å². The molecule has 0 heterocycles. The molecule has 0 unspecified atom stereocenters. The minimum absolute atomic E-state index is 0.253. The SMILES string of the molecule is CC[C@H](C(=O)NCc1ccc2ccccc2c1)N(c1cc(Cl)cc(Cl)c1)S(C)(=O)=O.